The Labute approximate surface area is 179 Å². The molecule has 0 spiro atoms. The highest BCUT2D eigenvalue weighted by atomic mass is 16.1. The Morgan fingerprint density at radius 2 is 1.63 bits per heavy atom. The van der Waals surface area contributed by atoms with E-state index in [0.29, 0.717) is 6.42 Å². The second-order valence-electron chi connectivity index (χ2n) is 8.95. The van der Waals surface area contributed by atoms with E-state index >= 15 is 0 Å². The fourth-order valence-electron chi connectivity index (χ4n) is 5.39. The molecule has 1 aliphatic carbocycles. The van der Waals surface area contributed by atoms with Crippen molar-refractivity contribution in [2.75, 3.05) is 14.1 Å². The molecule has 30 heavy (non-hydrogen) atoms. The third-order valence-corrected chi connectivity index (χ3v) is 7.24. The number of hydrogen-bond acceptors (Lipinski definition) is 2. The minimum Gasteiger partial charge on any atom is -0.356 e. The first-order valence-corrected chi connectivity index (χ1v) is 11.0. The number of carbonyl (C=O) groups excluding carboxylic acids is 1. The van der Waals surface area contributed by atoms with E-state index in [9.17, 15) is 4.79 Å². The molecule has 0 unspecified atom stereocenters. The summed E-state index contributed by atoms with van der Waals surface area (Å²) in [6.45, 7) is 4.11. The van der Waals surface area contributed by atoms with E-state index in [0.717, 1.165) is 31.2 Å². The number of carbonyl (C=O) groups is 1. The zero-order valence-corrected chi connectivity index (χ0v) is 18.6. The third kappa shape index (κ3) is 3.33. The molecule has 0 atom stereocenters. The van der Waals surface area contributed by atoms with Crippen LogP contribution in [-0.2, 0) is 15.9 Å². The maximum Gasteiger partial charge on any atom is 0.220 e. The average Bonchev–Trinajstić information content (AvgIpc) is 3.12. The Bertz CT molecular complexity index is 1030. The van der Waals surface area contributed by atoms with E-state index in [1.807, 2.05) is 6.92 Å². The highest BCUT2D eigenvalue weighted by Gasteiger charge is 2.47. The number of hydrogen-bond donors (Lipinski definition) is 2. The minimum absolute atomic E-state index is 0.0123. The number of aromatic amines is 1. The molecule has 0 bridgehead atoms. The number of benzene rings is 2. The van der Waals surface area contributed by atoms with Crippen molar-refractivity contribution in [3.8, 4) is 0 Å². The summed E-state index contributed by atoms with van der Waals surface area (Å²) in [6, 6.07) is 19.2. The Balaban J connectivity index is 1.76. The molecule has 2 aromatic carbocycles. The monoisotopic (exact) mass is 403 g/mol. The van der Waals surface area contributed by atoms with Crippen LogP contribution in [0.3, 0.4) is 0 Å². The van der Waals surface area contributed by atoms with Gasteiger partial charge in [-0.2, -0.15) is 0 Å². The van der Waals surface area contributed by atoms with E-state index in [-0.39, 0.29) is 17.0 Å². The molecule has 4 rings (SSSR count). The zero-order chi connectivity index (χ0) is 21.4. The lowest BCUT2D eigenvalue weighted by Gasteiger charge is -2.50. The molecule has 0 saturated heterocycles. The number of nitrogens with zero attached hydrogens (tertiary/aromatic N) is 1. The fraction of sp³-hybridized carbons (Fsp3) is 0.423. The van der Waals surface area contributed by atoms with Gasteiger partial charge in [-0.3, -0.25) is 9.69 Å². The molecular weight excluding hydrogens is 370 g/mol. The van der Waals surface area contributed by atoms with Crippen molar-refractivity contribution in [1.29, 1.82) is 0 Å². The van der Waals surface area contributed by atoms with E-state index in [1.165, 1.54) is 22.2 Å². The molecule has 1 amide bonds. The molecule has 158 valence electrons. The lowest BCUT2D eigenvalue weighted by Crippen LogP contribution is -2.54. The topological polar surface area (TPSA) is 48.1 Å². The molecule has 1 heterocycles. The van der Waals surface area contributed by atoms with Crippen molar-refractivity contribution in [2.45, 2.75) is 57.0 Å². The van der Waals surface area contributed by atoms with Crippen LogP contribution in [0, 0.1) is 6.92 Å². The van der Waals surface area contributed by atoms with E-state index in [4.69, 9.17) is 0 Å². The van der Waals surface area contributed by atoms with Gasteiger partial charge in [0.1, 0.15) is 0 Å². The van der Waals surface area contributed by atoms with Crippen LogP contribution >= 0.6 is 0 Å². The molecular formula is C26H33N3O. The van der Waals surface area contributed by atoms with Gasteiger partial charge in [-0.1, -0.05) is 55.5 Å². The van der Waals surface area contributed by atoms with Gasteiger partial charge < -0.3 is 10.3 Å². The zero-order valence-electron chi connectivity index (χ0n) is 18.6. The van der Waals surface area contributed by atoms with Crippen molar-refractivity contribution in [1.82, 2.24) is 15.2 Å². The normalized spacial score (nSPS) is 24.3. The van der Waals surface area contributed by atoms with Crippen LogP contribution in [0.15, 0.2) is 54.6 Å². The van der Waals surface area contributed by atoms with Crippen molar-refractivity contribution >= 4 is 16.8 Å². The van der Waals surface area contributed by atoms with Gasteiger partial charge in [0.2, 0.25) is 5.91 Å². The predicted molar refractivity (Wildman–Crippen MR) is 123 cm³/mol. The minimum atomic E-state index is -0.357. The number of fused-ring (bicyclic) bond motifs is 1. The maximum atomic E-state index is 12.6. The highest BCUT2D eigenvalue weighted by Crippen LogP contribution is 2.49. The standard InChI is InChI=1S/C26H33N3O/c1-5-23(30)28-25(24-19(2)21-13-9-10-14-22(21)27-24)15-17-26(18-16-25,29(3)4)20-11-7-6-8-12-20/h6-14,27H,5,15-18H2,1-4H3,(H,28,30). The molecule has 2 N–H and O–H groups in total. The molecule has 3 aromatic rings. The van der Waals surface area contributed by atoms with Crippen LogP contribution in [-0.4, -0.2) is 29.9 Å². The number of amides is 1. The van der Waals surface area contributed by atoms with Gasteiger partial charge >= 0.3 is 0 Å². The van der Waals surface area contributed by atoms with Crippen LogP contribution < -0.4 is 5.32 Å². The second-order valence-corrected chi connectivity index (χ2v) is 8.95. The quantitative estimate of drug-likeness (QED) is 0.613. The Hall–Kier alpha value is -2.59. The van der Waals surface area contributed by atoms with Crippen LogP contribution in [0.4, 0.5) is 0 Å². The molecule has 1 aliphatic rings. The summed E-state index contributed by atoms with van der Waals surface area (Å²) in [7, 11) is 4.36. The highest BCUT2D eigenvalue weighted by molar-refractivity contribution is 5.85. The average molecular weight is 404 g/mol. The summed E-state index contributed by atoms with van der Waals surface area (Å²) in [5.41, 5.74) is 4.55. The Kier molecular flexibility index (Phi) is 5.46. The molecule has 4 heteroatoms. The van der Waals surface area contributed by atoms with E-state index in [2.05, 4.69) is 90.8 Å². The molecule has 4 nitrogen and oxygen atoms in total. The molecule has 0 aliphatic heterocycles. The summed E-state index contributed by atoms with van der Waals surface area (Å²) in [5, 5.41) is 4.68. The fourth-order valence-corrected chi connectivity index (χ4v) is 5.39. The van der Waals surface area contributed by atoms with E-state index < -0.39 is 0 Å². The third-order valence-electron chi connectivity index (χ3n) is 7.24. The SMILES string of the molecule is CCC(=O)NC1(c2[nH]c3ccccc3c2C)CCC(c2ccccc2)(N(C)C)CC1. The largest absolute Gasteiger partial charge is 0.356 e. The van der Waals surface area contributed by atoms with Gasteiger partial charge in [0, 0.05) is 28.6 Å². The first-order chi connectivity index (χ1) is 14.4. The first kappa shape index (κ1) is 20.7. The summed E-state index contributed by atoms with van der Waals surface area (Å²) in [6.07, 6.45) is 4.28. The van der Waals surface area contributed by atoms with Gasteiger partial charge in [0.25, 0.3) is 0 Å². The molecule has 1 saturated carbocycles. The number of H-pyrrole nitrogens is 1. The van der Waals surface area contributed by atoms with E-state index in [1.54, 1.807) is 0 Å². The van der Waals surface area contributed by atoms with Crippen LogP contribution in [0.5, 0.6) is 0 Å². The molecule has 1 aromatic heterocycles. The number of para-hydroxylation sites is 1. The summed E-state index contributed by atoms with van der Waals surface area (Å²) in [4.78, 5) is 18.7. The van der Waals surface area contributed by atoms with Crippen LogP contribution in [0.25, 0.3) is 10.9 Å². The van der Waals surface area contributed by atoms with Crippen LogP contribution in [0.2, 0.25) is 0 Å². The van der Waals surface area contributed by atoms with Gasteiger partial charge in [0.05, 0.1) is 5.54 Å². The number of aryl methyl sites for hydroxylation is 1. The maximum absolute atomic E-state index is 12.6. The number of rotatable bonds is 5. The smallest absolute Gasteiger partial charge is 0.220 e. The van der Waals surface area contributed by atoms with Gasteiger partial charge in [0.15, 0.2) is 0 Å². The number of nitrogens with one attached hydrogen (secondary N) is 2. The predicted octanol–water partition coefficient (Wildman–Crippen LogP) is 5.23. The lowest BCUT2D eigenvalue weighted by atomic mass is 9.67. The van der Waals surface area contributed by atoms with Gasteiger partial charge in [-0.25, -0.2) is 0 Å². The Morgan fingerprint density at radius 1 is 1.00 bits per heavy atom. The molecule has 1 fully saturated rings. The first-order valence-electron chi connectivity index (χ1n) is 11.0. The van der Waals surface area contributed by atoms with Crippen molar-refractivity contribution in [2.24, 2.45) is 0 Å². The lowest BCUT2D eigenvalue weighted by molar-refractivity contribution is -0.124. The summed E-state index contributed by atoms with van der Waals surface area (Å²) < 4.78 is 0. The van der Waals surface area contributed by atoms with Crippen molar-refractivity contribution in [3.05, 3.63) is 71.4 Å². The van der Waals surface area contributed by atoms with Gasteiger partial charge in [-0.15, -0.1) is 0 Å². The second kappa shape index (κ2) is 7.92. The van der Waals surface area contributed by atoms with Gasteiger partial charge in [-0.05, 0) is 63.9 Å². The Morgan fingerprint density at radius 3 is 2.23 bits per heavy atom. The summed E-state index contributed by atoms with van der Waals surface area (Å²) in [5.74, 6) is 0.116. The van der Waals surface area contributed by atoms with Crippen molar-refractivity contribution in [3.63, 3.8) is 0 Å². The summed E-state index contributed by atoms with van der Waals surface area (Å²) >= 11 is 0. The van der Waals surface area contributed by atoms with Crippen molar-refractivity contribution < 1.29 is 4.79 Å². The molecule has 0 radical (unpaired) electrons. The van der Waals surface area contributed by atoms with Crippen LogP contribution in [0.1, 0.15) is 55.8 Å². The number of aromatic nitrogens is 1.